The Balaban J connectivity index is 4.26. The summed E-state index contributed by atoms with van der Waals surface area (Å²) in [6.07, 6.45) is 42.4. The van der Waals surface area contributed by atoms with Crippen LogP contribution in [0.25, 0.3) is 0 Å². The summed E-state index contributed by atoms with van der Waals surface area (Å²) in [5.74, 6) is 0.787. The predicted octanol–water partition coefficient (Wildman–Crippen LogP) is 15.8. The van der Waals surface area contributed by atoms with E-state index in [9.17, 15) is 14.4 Å². The van der Waals surface area contributed by atoms with Crippen LogP contribution in [-0.4, -0.2) is 37.2 Å². The lowest BCUT2D eigenvalue weighted by Gasteiger charge is -2.18. The maximum absolute atomic E-state index is 12.7. The van der Waals surface area contributed by atoms with Gasteiger partial charge in [0.2, 0.25) is 0 Å². The molecule has 0 aliphatic rings. The lowest BCUT2D eigenvalue weighted by Crippen LogP contribution is -2.30. The van der Waals surface area contributed by atoms with Gasteiger partial charge in [0.1, 0.15) is 13.2 Å². The molecular weight excluding hydrogens is 697 g/mol. The van der Waals surface area contributed by atoms with Gasteiger partial charge < -0.3 is 14.2 Å². The van der Waals surface area contributed by atoms with Crippen LogP contribution in [0.1, 0.15) is 272 Å². The summed E-state index contributed by atoms with van der Waals surface area (Å²) >= 11 is 0. The SMILES string of the molecule is CCCCCCCCCCCCC(=O)O[C@@H](COC(=O)CCCCCCCCCCCCCCCCC(C)C)COC(=O)CCCCCCCCCCC(C)C. The summed E-state index contributed by atoms with van der Waals surface area (Å²) in [7, 11) is 0. The van der Waals surface area contributed by atoms with E-state index in [1.54, 1.807) is 0 Å². The third kappa shape index (κ3) is 43.5. The monoisotopic (exact) mass is 793 g/mol. The maximum atomic E-state index is 12.7. The fraction of sp³-hybridized carbons (Fsp3) is 0.940. The highest BCUT2D eigenvalue weighted by molar-refractivity contribution is 5.71. The number of esters is 3. The van der Waals surface area contributed by atoms with Crippen LogP contribution >= 0.6 is 0 Å². The van der Waals surface area contributed by atoms with Crippen molar-refractivity contribution in [1.82, 2.24) is 0 Å². The first-order chi connectivity index (χ1) is 27.2. The Morgan fingerprint density at radius 1 is 0.339 bits per heavy atom. The molecule has 0 aromatic rings. The zero-order valence-electron chi connectivity index (χ0n) is 38.3. The fourth-order valence-electron chi connectivity index (χ4n) is 7.46. The average molecular weight is 793 g/mol. The minimum atomic E-state index is -0.760. The molecular formula is C50H96O6. The van der Waals surface area contributed by atoms with Crippen LogP contribution in [0.2, 0.25) is 0 Å². The maximum Gasteiger partial charge on any atom is 0.306 e. The summed E-state index contributed by atoms with van der Waals surface area (Å²) in [5, 5.41) is 0. The molecule has 6 heteroatoms. The molecule has 0 spiro atoms. The van der Waals surface area contributed by atoms with E-state index in [4.69, 9.17) is 14.2 Å². The molecule has 56 heavy (non-hydrogen) atoms. The van der Waals surface area contributed by atoms with Gasteiger partial charge >= 0.3 is 17.9 Å². The van der Waals surface area contributed by atoms with Crippen LogP contribution in [0.4, 0.5) is 0 Å². The van der Waals surface area contributed by atoms with Gasteiger partial charge in [-0.3, -0.25) is 14.4 Å². The van der Waals surface area contributed by atoms with Crippen molar-refractivity contribution in [2.24, 2.45) is 11.8 Å². The number of carbonyl (C=O) groups excluding carboxylic acids is 3. The normalized spacial score (nSPS) is 12.1. The third-order valence-corrected chi connectivity index (χ3v) is 11.2. The van der Waals surface area contributed by atoms with Crippen molar-refractivity contribution < 1.29 is 28.6 Å². The number of hydrogen-bond donors (Lipinski definition) is 0. The van der Waals surface area contributed by atoms with Gasteiger partial charge in [-0.25, -0.2) is 0 Å². The van der Waals surface area contributed by atoms with Gasteiger partial charge in [-0.15, -0.1) is 0 Å². The van der Waals surface area contributed by atoms with E-state index in [0.717, 1.165) is 69.6 Å². The summed E-state index contributed by atoms with van der Waals surface area (Å²) in [6, 6.07) is 0. The van der Waals surface area contributed by atoms with Crippen LogP contribution in [-0.2, 0) is 28.6 Å². The van der Waals surface area contributed by atoms with E-state index in [2.05, 4.69) is 34.6 Å². The molecule has 332 valence electrons. The largest absolute Gasteiger partial charge is 0.462 e. The molecule has 0 bridgehead atoms. The van der Waals surface area contributed by atoms with Crippen molar-refractivity contribution in [3.63, 3.8) is 0 Å². The second kappa shape index (κ2) is 43.0. The van der Waals surface area contributed by atoms with Crippen LogP contribution < -0.4 is 0 Å². The van der Waals surface area contributed by atoms with Crippen molar-refractivity contribution in [2.75, 3.05) is 13.2 Å². The third-order valence-electron chi connectivity index (χ3n) is 11.2. The van der Waals surface area contributed by atoms with Gasteiger partial charge in [0.05, 0.1) is 0 Å². The smallest absolute Gasteiger partial charge is 0.306 e. The molecule has 0 N–H and O–H groups in total. The van der Waals surface area contributed by atoms with Gasteiger partial charge in [-0.2, -0.15) is 0 Å². The Morgan fingerprint density at radius 3 is 0.875 bits per heavy atom. The van der Waals surface area contributed by atoms with Crippen molar-refractivity contribution in [3.05, 3.63) is 0 Å². The molecule has 0 rings (SSSR count). The molecule has 0 aliphatic heterocycles. The zero-order chi connectivity index (χ0) is 41.2. The van der Waals surface area contributed by atoms with Crippen molar-refractivity contribution in [1.29, 1.82) is 0 Å². The molecule has 0 saturated heterocycles. The standard InChI is InChI=1S/C50H96O6/c1-6-7-8-9-10-11-19-27-32-37-42-50(53)56-47(44-55-49(52)41-36-31-26-22-21-24-29-34-39-46(4)5)43-54-48(51)40-35-30-25-20-17-15-13-12-14-16-18-23-28-33-38-45(2)3/h45-47H,6-44H2,1-5H3/t47-/m0/s1. The highest BCUT2D eigenvalue weighted by Gasteiger charge is 2.19. The van der Waals surface area contributed by atoms with Gasteiger partial charge in [-0.05, 0) is 31.1 Å². The van der Waals surface area contributed by atoms with E-state index in [-0.39, 0.29) is 31.1 Å². The topological polar surface area (TPSA) is 78.9 Å². The van der Waals surface area contributed by atoms with Crippen molar-refractivity contribution in [3.8, 4) is 0 Å². The van der Waals surface area contributed by atoms with Crippen LogP contribution in [0, 0.1) is 11.8 Å². The quantitative estimate of drug-likeness (QED) is 0.0347. The first-order valence-corrected chi connectivity index (χ1v) is 24.7. The molecule has 0 unspecified atom stereocenters. The van der Waals surface area contributed by atoms with Gasteiger partial charge in [0.15, 0.2) is 6.10 Å². The van der Waals surface area contributed by atoms with E-state index in [0.29, 0.717) is 19.3 Å². The highest BCUT2D eigenvalue weighted by Crippen LogP contribution is 2.17. The summed E-state index contributed by atoms with van der Waals surface area (Å²) in [5.41, 5.74) is 0. The van der Waals surface area contributed by atoms with Crippen LogP contribution in [0.15, 0.2) is 0 Å². The summed E-state index contributed by atoms with van der Waals surface area (Å²) in [4.78, 5) is 37.8. The predicted molar refractivity (Wildman–Crippen MR) is 238 cm³/mol. The van der Waals surface area contributed by atoms with Crippen molar-refractivity contribution >= 4 is 17.9 Å². The molecule has 0 heterocycles. The minimum absolute atomic E-state index is 0.0643. The lowest BCUT2D eigenvalue weighted by atomic mass is 10.0. The molecule has 0 fully saturated rings. The lowest BCUT2D eigenvalue weighted by molar-refractivity contribution is -0.167. The summed E-state index contributed by atoms with van der Waals surface area (Å²) < 4.78 is 16.7. The van der Waals surface area contributed by atoms with E-state index >= 15 is 0 Å². The van der Waals surface area contributed by atoms with Gasteiger partial charge in [0, 0.05) is 19.3 Å². The average Bonchev–Trinajstić information content (AvgIpc) is 3.16. The number of hydrogen-bond acceptors (Lipinski definition) is 6. The Morgan fingerprint density at radius 2 is 0.589 bits per heavy atom. The first-order valence-electron chi connectivity index (χ1n) is 24.7. The molecule has 1 atom stereocenters. The summed E-state index contributed by atoms with van der Waals surface area (Å²) in [6.45, 7) is 11.3. The van der Waals surface area contributed by atoms with Gasteiger partial charge in [0.25, 0.3) is 0 Å². The van der Waals surface area contributed by atoms with Crippen molar-refractivity contribution in [2.45, 2.75) is 278 Å². The van der Waals surface area contributed by atoms with E-state index in [1.165, 1.54) is 161 Å². The molecule has 0 aromatic carbocycles. The Hall–Kier alpha value is -1.59. The molecule has 0 aromatic heterocycles. The zero-order valence-corrected chi connectivity index (χ0v) is 38.3. The molecule has 0 saturated carbocycles. The van der Waals surface area contributed by atoms with Gasteiger partial charge in [-0.1, -0.05) is 234 Å². The number of carbonyl (C=O) groups is 3. The van der Waals surface area contributed by atoms with Crippen LogP contribution in [0.3, 0.4) is 0 Å². The second-order valence-corrected chi connectivity index (χ2v) is 18.1. The fourth-order valence-corrected chi connectivity index (χ4v) is 7.46. The first kappa shape index (κ1) is 54.4. The minimum Gasteiger partial charge on any atom is -0.462 e. The second-order valence-electron chi connectivity index (χ2n) is 18.1. The molecule has 0 radical (unpaired) electrons. The Labute approximate surface area is 348 Å². The molecule has 0 aliphatic carbocycles. The highest BCUT2D eigenvalue weighted by atomic mass is 16.6. The number of unbranched alkanes of at least 4 members (excludes halogenated alkanes) is 29. The number of ether oxygens (including phenoxy) is 3. The van der Waals surface area contributed by atoms with Crippen LogP contribution in [0.5, 0.6) is 0 Å². The Kier molecular flexibility index (Phi) is 41.8. The molecule has 0 amide bonds. The van der Waals surface area contributed by atoms with E-state index < -0.39 is 6.10 Å². The van der Waals surface area contributed by atoms with E-state index in [1.807, 2.05) is 0 Å². The Bertz CT molecular complexity index is 854. The molecule has 6 nitrogen and oxygen atoms in total. The number of rotatable bonds is 44.